The summed E-state index contributed by atoms with van der Waals surface area (Å²) in [6, 6.07) is 2.72. The van der Waals surface area contributed by atoms with Gasteiger partial charge < -0.3 is 10.1 Å². The summed E-state index contributed by atoms with van der Waals surface area (Å²) in [5, 5.41) is 11.9. The summed E-state index contributed by atoms with van der Waals surface area (Å²) in [6.07, 6.45) is 9.22. The van der Waals surface area contributed by atoms with Crippen molar-refractivity contribution in [1.29, 1.82) is 0 Å². The van der Waals surface area contributed by atoms with Gasteiger partial charge in [0.05, 0.1) is 25.4 Å². The van der Waals surface area contributed by atoms with Gasteiger partial charge >= 0.3 is 0 Å². The van der Waals surface area contributed by atoms with Crippen LogP contribution < -0.4 is 10.1 Å². The Hall–Kier alpha value is -2.31. The Kier molecular flexibility index (Phi) is 4.23. The molecule has 1 amide bonds. The molecule has 0 aromatic carbocycles. The number of hydrogen-bond donors (Lipinski definition) is 1. The fourth-order valence-corrected chi connectivity index (χ4v) is 3.71. The largest absolute Gasteiger partial charge is 0.479 e. The standard InChI is InChI=1S/C18H25N5O2/c1-22-11-15(18(21-22)25-2)17(24)19-10-13-9-16(12-7-8-12)23(20-13)14-5-3-4-6-14/h9,11-12,14H,3-8,10H2,1-2H3,(H,19,24). The minimum absolute atomic E-state index is 0.187. The summed E-state index contributed by atoms with van der Waals surface area (Å²) < 4.78 is 8.98. The Morgan fingerprint density at radius 1 is 1.28 bits per heavy atom. The zero-order valence-electron chi connectivity index (χ0n) is 14.9. The third-order valence-electron chi connectivity index (χ3n) is 5.14. The number of nitrogens with zero attached hydrogens (tertiary/aromatic N) is 4. The number of carbonyl (C=O) groups is 1. The number of nitrogens with one attached hydrogen (secondary N) is 1. The highest BCUT2D eigenvalue weighted by Gasteiger charge is 2.31. The van der Waals surface area contributed by atoms with E-state index in [9.17, 15) is 4.79 Å². The van der Waals surface area contributed by atoms with Crippen molar-refractivity contribution in [3.63, 3.8) is 0 Å². The lowest BCUT2D eigenvalue weighted by Crippen LogP contribution is -2.23. The zero-order valence-corrected chi connectivity index (χ0v) is 14.9. The molecule has 0 unspecified atom stereocenters. The third-order valence-corrected chi connectivity index (χ3v) is 5.14. The van der Waals surface area contributed by atoms with Crippen molar-refractivity contribution < 1.29 is 9.53 Å². The van der Waals surface area contributed by atoms with Gasteiger partial charge in [0.1, 0.15) is 5.56 Å². The molecule has 7 heteroatoms. The molecule has 2 heterocycles. The second-order valence-corrected chi connectivity index (χ2v) is 7.13. The van der Waals surface area contributed by atoms with Crippen LogP contribution in [0.4, 0.5) is 0 Å². The Bertz CT molecular complexity index is 769. The fraction of sp³-hybridized carbons (Fsp3) is 0.611. The number of methoxy groups -OCH3 is 1. The molecule has 1 N–H and O–H groups in total. The molecule has 2 aliphatic rings. The molecule has 0 spiro atoms. The van der Waals surface area contributed by atoms with Crippen LogP contribution in [-0.2, 0) is 13.6 Å². The summed E-state index contributed by atoms with van der Waals surface area (Å²) in [7, 11) is 3.29. The van der Waals surface area contributed by atoms with Gasteiger partial charge in [-0.3, -0.25) is 14.2 Å². The number of amides is 1. The van der Waals surface area contributed by atoms with Gasteiger partial charge in [0.25, 0.3) is 5.91 Å². The first kappa shape index (κ1) is 16.2. The number of aromatic nitrogens is 4. The maximum Gasteiger partial charge on any atom is 0.258 e. The molecule has 0 radical (unpaired) electrons. The van der Waals surface area contributed by atoms with Crippen LogP contribution in [0, 0.1) is 0 Å². The van der Waals surface area contributed by atoms with Gasteiger partial charge in [-0.25, -0.2) is 0 Å². The van der Waals surface area contributed by atoms with Crippen LogP contribution in [-0.4, -0.2) is 32.6 Å². The van der Waals surface area contributed by atoms with Gasteiger partial charge in [-0.2, -0.15) is 5.10 Å². The molecular formula is C18H25N5O2. The number of hydrogen-bond acceptors (Lipinski definition) is 4. The molecular weight excluding hydrogens is 318 g/mol. The fourth-order valence-electron chi connectivity index (χ4n) is 3.71. The molecule has 0 saturated heterocycles. The highest BCUT2D eigenvalue weighted by Crippen LogP contribution is 2.43. The van der Waals surface area contributed by atoms with Gasteiger partial charge in [-0.1, -0.05) is 12.8 Å². The van der Waals surface area contributed by atoms with E-state index in [1.807, 2.05) is 0 Å². The Balaban J connectivity index is 1.47. The van der Waals surface area contributed by atoms with Gasteiger partial charge in [-0.15, -0.1) is 5.10 Å². The van der Waals surface area contributed by atoms with E-state index in [4.69, 9.17) is 9.84 Å². The van der Waals surface area contributed by atoms with Crippen LogP contribution >= 0.6 is 0 Å². The van der Waals surface area contributed by atoms with Crippen LogP contribution in [0.2, 0.25) is 0 Å². The average Bonchev–Trinajstić information content (AvgIpc) is 3.03. The first-order valence-corrected chi connectivity index (χ1v) is 9.10. The van der Waals surface area contributed by atoms with Crippen molar-refractivity contribution in [2.24, 2.45) is 7.05 Å². The van der Waals surface area contributed by atoms with Crippen molar-refractivity contribution in [3.05, 3.63) is 29.2 Å². The molecule has 4 rings (SSSR count). The van der Waals surface area contributed by atoms with Gasteiger partial charge in [0.15, 0.2) is 0 Å². The molecule has 0 aliphatic heterocycles. The van der Waals surface area contributed by atoms with Crippen molar-refractivity contribution in [3.8, 4) is 5.88 Å². The number of ether oxygens (including phenoxy) is 1. The topological polar surface area (TPSA) is 74.0 Å². The average molecular weight is 343 g/mol. The summed E-state index contributed by atoms with van der Waals surface area (Å²) in [5.41, 5.74) is 2.74. The SMILES string of the molecule is COc1nn(C)cc1C(=O)NCc1cc(C2CC2)n(C2CCCC2)n1. The number of carbonyl (C=O) groups excluding carboxylic acids is 1. The van der Waals surface area contributed by atoms with Crippen LogP contribution in [0.5, 0.6) is 5.88 Å². The lowest BCUT2D eigenvalue weighted by Gasteiger charge is -2.13. The molecule has 0 bridgehead atoms. The molecule has 7 nitrogen and oxygen atoms in total. The molecule has 0 atom stereocenters. The number of rotatable bonds is 6. The summed E-state index contributed by atoms with van der Waals surface area (Å²) >= 11 is 0. The predicted molar refractivity (Wildman–Crippen MR) is 92.6 cm³/mol. The quantitative estimate of drug-likeness (QED) is 0.875. The van der Waals surface area contributed by atoms with Crippen LogP contribution in [0.15, 0.2) is 12.3 Å². The van der Waals surface area contributed by atoms with E-state index >= 15 is 0 Å². The Morgan fingerprint density at radius 3 is 2.72 bits per heavy atom. The normalized spacial score (nSPS) is 17.8. The van der Waals surface area contributed by atoms with Gasteiger partial charge in [0.2, 0.25) is 5.88 Å². The van der Waals surface area contributed by atoms with E-state index < -0.39 is 0 Å². The number of aryl methyl sites for hydroxylation is 1. The molecule has 2 aromatic heterocycles. The van der Waals surface area contributed by atoms with Crippen molar-refractivity contribution in [1.82, 2.24) is 24.9 Å². The maximum absolute atomic E-state index is 12.4. The van der Waals surface area contributed by atoms with E-state index in [1.165, 1.54) is 51.3 Å². The summed E-state index contributed by atoms with van der Waals surface area (Å²) in [4.78, 5) is 12.4. The second-order valence-electron chi connectivity index (χ2n) is 7.13. The zero-order chi connectivity index (χ0) is 17.4. The third kappa shape index (κ3) is 3.27. The first-order valence-electron chi connectivity index (χ1n) is 9.10. The highest BCUT2D eigenvalue weighted by molar-refractivity contribution is 5.96. The van der Waals surface area contributed by atoms with E-state index in [0.29, 0.717) is 29.9 Å². The van der Waals surface area contributed by atoms with Crippen LogP contribution in [0.1, 0.15) is 72.2 Å². The molecule has 25 heavy (non-hydrogen) atoms. The van der Waals surface area contributed by atoms with E-state index in [1.54, 1.807) is 17.9 Å². The lowest BCUT2D eigenvalue weighted by atomic mass is 10.2. The summed E-state index contributed by atoms with van der Waals surface area (Å²) in [5.74, 6) is 0.819. The molecule has 2 aromatic rings. The van der Waals surface area contributed by atoms with Crippen LogP contribution in [0.3, 0.4) is 0 Å². The lowest BCUT2D eigenvalue weighted by molar-refractivity contribution is 0.0947. The van der Waals surface area contributed by atoms with Crippen molar-refractivity contribution >= 4 is 5.91 Å². The molecule has 2 saturated carbocycles. The van der Waals surface area contributed by atoms with Crippen LogP contribution in [0.25, 0.3) is 0 Å². The van der Waals surface area contributed by atoms with E-state index in [2.05, 4.69) is 21.2 Å². The predicted octanol–water partition coefficient (Wildman–Crippen LogP) is 2.55. The van der Waals surface area contributed by atoms with E-state index in [-0.39, 0.29) is 5.91 Å². The van der Waals surface area contributed by atoms with Crippen molar-refractivity contribution in [2.75, 3.05) is 7.11 Å². The molecule has 2 fully saturated rings. The van der Waals surface area contributed by atoms with Gasteiger partial charge in [-0.05, 0) is 31.7 Å². The minimum atomic E-state index is -0.187. The maximum atomic E-state index is 12.4. The Morgan fingerprint density at radius 2 is 2.04 bits per heavy atom. The summed E-state index contributed by atoms with van der Waals surface area (Å²) in [6.45, 7) is 0.427. The van der Waals surface area contributed by atoms with Crippen molar-refractivity contribution in [2.45, 2.75) is 57.0 Å². The highest BCUT2D eigenvalue weighted by atomic mass is 16.5. The Labute approximate surface area is 147 Å². The molecule has 134 valence electrons. The minimum Gasteiger partial charge on any atom is -0.479 e. The second kappa shape index (κ2) is 6.54. The van der Waals surface area contributed by atoms with Gasteiger partial charge in [0, 0.05) is 24.9 Å². The van der Waals surface area contributed by atoms with E-state index in [0.717, 1.165) is 5.69 Å². The first-order chi connectivity index (χ1) is 12.2. The smallest absolute Gasteiger partial charge is 0.258 e. The molecule has 2 aliphatic carbocycles. The monoisotopic (exact) mass is 343 g/mol.